The van der Waals surface area contributed by atoms with Crippen LogP contribution in [-0.2, 0) is 9.47 Å². The average molecular weight is 415 g/mol. The summed E-state index contributed by atoms with van der Waals surface area (Å²) in [5.74, 6) is 1.50. The number of ether oxygens (including phenoxy) is 2. The number of rotatable bonds is 2. The van der Waals surface area contributed by atoms with Gasteiger partial charge in [-0.25, -0.2) is 4.79 Å². The smallest absolute Gasteiger partial charge is 0.320 e. The Morgan fingerprint density at radius 2 is 2.10 bits per heavy atom. The van der Waals surface area contributed by atoms with Crippen LogP contribution in [0.2, 0.25) is 0 Å². The zero-order chi connectivity index (χ0) is 20.9. The number of morpholine rings is 1. The minimum absolute atomic E-state index is 0.171. The lowest BCUT2D eigenvalue weighted by molar-refractivity contribution is -0.0228. The summed E-state index contributed by atoms with van der Waals surface area (Å²) in [6.07, 6.45) is 7.56. The molecule has 1 aliphatic carbocycles. The van der Waals surface area contributed by atoms with Gasteiger partial charge in [-0.1, -0.05) is 13.5 Å². The third kappa shape index (κ3) is 3.47. The van der Waals surface area contributed by atoms with E-state index >= 15 is 0 Å². The highest BCUT2D eigenvalue weighted by Crippen LogP contribution is 2.43. The van der Waals surface area contributed by atoms with Crippen LogP contribution in [0.3, 0.4) is 0 Å². The van der Waals surface area contributed by atoms with E-state index in [2.05, 4.69) is 40.8 Å². The molecule has 0 saturated carbocycles. The lowest BCUT2D eigenvalue weighted by atomic mass is 9.78. The average Bonchev–Trinajstić information content (AvgIpc) is 3.17. The molecule has 0 bridgehead atoms. The molecule has 164 valence electrons. The van der Waals surface area contributed by atoms with Gasteiger partial charge in [0.1, 0.15) is 0 Å². The molecule has 1 unspecified atom stereocenters. The summed E-state index contributed by atoms with van der Waals surface area (Å²) in [7, 11) is 1.75. The molecule has 5 rings (SSSR count). The molecule has 7 nitrogen and oxygen atoms in total. The summed E-state index contributed by atoms with van der Waals surface area (Å²) in [4.78, 5) is 19.8. The highest BCUT2D eigenvalue weighted by Gasteiger charge is 2.50. The summed E-state index contributed by atoms with van der Waals surface area (Å²) >= 11 is 0. The SMILES string of the molecule is C=C1CO[C@H]2CCN(C(=O)N3CCC4(C3)CN(C3=CC=C(OC)C(C)C3)C4)C[C@H]2N1. The number of nitrogens with zero attached hydrogens (tertiary/aromatic N) is 3. The second kappa shape index (κ2) is 7.52. The summed E-state index contributed by atoms with van der Waals surface area (Å²) in [5.41, 5.74) is 2.59. The van der Waals surface area contributed by atoms with E-state index in [1.165, 1.54) is 5.70 Å². The number of carbonyl (C=O) groups excluding carboxylic acids is 1. The molecule has 4 aliphatic heterocycles. The van der Waals surface area contributed by atoms with E-state index in [0.29, 0.717) is 19.1 Å². The minimum atomic E-state index is 0.171. The van der Waals surface area contributed by atoms with Gasteiger partial charge in [-0.3, -0.25) is 0 Å². The fraction of sp³-hybridized carbons (Fsp3) is 0.696. The maximum atomic E-state index is 13.2. The first-order valence-corrected chi connectivity index (χ1v) is 11.3. The molecule has 0 aromatic carbocycles. The van der Waals surface area contributed by atoms with Gasteiger partial charge in [0.05, 0.1) is 31.6 Å². The molecule has 0 aromatic rings. The zero-order valence-electron chi connectivity index (χ0n) is 18.2. The van der Waals surface area contributed by atoms with Crippen LogP contribution in [-0.4, -0.2) is 85.9 Å². The van der Waals surface area contributed by atoms with Crippen molar-refractivity contribution in [2.45, 2.75) is 38.3 Å². The number of allylic oxidation sites excluding steroid dienone is 4. The monoisotopic (exact) mass is 414 g/mol. The molecule has 7 heteroatoms. The fourth-order valence-electron chi connectivity index (χ4n) is 5.81. The van der Waals surface area contributed by atoms with Crippen molar-refractivity contribution in [1.29, 1.82) is 0 Å². The molecular formula is C23H34N4O3. The molecule has 30 heavy (non-hydrogen) atoms. The van der Waals surface area contributed by atoms with Crippen molar-refractivity contribution in [2.24, 2.45) is 11.3 Å². The molecule has 5 aliphatic rings. The van der Waals surface area contributed by atoms with Crippen molar-refractivity contribution in [3.05, 3.63) is 35.9 Å². The van der Waals surface area contributed by atoms with E-state index in [1.54, 1.807) is 7.11 Å². The zero-order valence-corrected chi connectivity index (χ0v) is 18.2. The molecule has 1 N–H and O–H groups in total. The standard InChI is InChI=1S/C23H34N4O3/c1-16-10-18(4-5-20(16)29-3)27-14-23(15-27)7-9-26(13-23)22(28)25-8-6-21-19(11-25)24-17(2)12-30-21/h4-5,16,19,21,24H,2,6-15H2,1,3H3/t16?,19-,21+/m1/s1. The molecular weight excluding hydrogens is 380 g/mol. The number of fused-ring (bicyclic) bond motifs is 1. The molecule has 1 spiro atoms. The predicted octanol–water partition coefficient (Wildman–Crippen LogP) is 2.14. The Hall–Kier alpha value is -2.15. The molecule has 4 heterocycles. The summed E-state index contributed by atoms with van der Waals surface area (Å²) < 4.78 is 11.3. The summed E-state index contributed by atoms with van der Waals surface area (Å²) in [6, 6.07) is 0.366. The van der Waals surface area contributed by atoms with Crippen LogP contribution in [0.15, 0.2) is 35.9 Å². The Labute approximate surface area is 179 Å². The highest BCUT2D eigenvalue weighted by atomic mass is 16.5. The number of amides is 2. The predicted molar refractivity (Wildman–Crippen MR) is 115 cm³/mol. The van der Waals surface area contributed by atoms with Crippen molar-refractivity contribution in [3.63, 3.8) is 0 Å². The normalized spacial score (nSPS) is 32.8. The number of likely N-dealkylation sites (tertiary alicyclic amines) is 3. The van der Waals surface area contributed by atoms with Crippen LogP contribution < -0.4 is 5.32 Å². The summed E-state index contributed by atoms with van der Waals surface area (Å²) in [6.45, 7) is 12.1. The quantitative estimate of drug-likeness (QED) is 0.750. The topological polar surface area (TPSA) is 57.3 Å². The van der Waals surface area contributed by atoms with Gasteiger partial charge in [0.15, 0.2) is 0 Å². The Balaban J connectivity index is 1.15. The van der Waals surface area contributed by atoms with Gasteiger partial charge in [0.2, 0.25) is 0 Å². The highest BCUT2D eigenvalue weighted by molar-refractivity contribution is 5.75. The molecule has 0 aromatic heterocycles. The first-order valence-electron chi connectivity index (χ1n) is 11.3. The van der Waals surface area contributed by atoms with E-state index in [0.717, 1.165) is 63.4 Å². The summed E-state index contributed by atoms with van der Waals surface area (Å²) in [5, 5.41) is 3.43. The molecule has 3 atom stereocenters. The first kappa shape index (κ1) is 19.8. The van der Waals surface area contributed by atoms with Crippen molar-refractivity contribution < 1.29 is 14.3 Å². The molecule has 2 amide bonds. The van der Waals surface area contributed by atoms with Crippen LogP contribution in [0.4, 0.5) is 4.79 Å². The van der Waals surface area contributed by atoms with E-state index in [1.807, 2.05) is 4.90 Å². The number of piperidine rings is 1. The maximum absolute atomic E-state index is 13.2. The number of methoxy groups -OCH3 is 1. The van der Waals surface area contributed by atoms with Gasteiger partial charge >= 0.3 is 6.03 Å². The molecule has 4 saturated heterocycles. The lowest BCUT2D eigenvalue weighted by Crippen LogP contribution is -2.61. The second-order valence-electron chi connectivity index (χ2n) is 9.79. The number of urea groups is 1. The van der Waals surface area contributed by atoms with Crippen LogP contribution in [0.5, 0.6) is 0 Å². The van der Waals surface area contributed by atoms with Crippen LogP contribution in [0, 0.1) is 11.3 Å². The first-order chi connectivity index (χ1) is 14.5. The number of carbonyl (C=O) groups is 1. The van der Waals surface area contributed by atoms with Crippen LogP contribution in [0.25, 0.3) is 0 Å². The third-order valence-electron chi connectivity index (χ3n) is 7.53. The number of nitrogens with one attached hydrogen (secondary N) is 1. The third-order valence-corrected chi connectivity index (χ3v) is 7.53. The van der Waals surface area contributed by atoms with Gasteiger partial charge in [-0.15, -0.1) is 0 Å². The van der Waals surface area contributed by atoms with Crippen molar-refractivity contribution >= 4 is 6.03 Å². The molecule has 4 fully saturated rings. The Bertz CT molecular complexity index is 785. The van der Waals surface area contributed by atoms with Gasteiger partial charge in [-0.05, 0) is 31.4 Å². The Morgan fingerprint density at radius 3 is 2.87 bits per heavy atom. The van der Waals surface area contributed by atoms with Gasteiger partial charge in [0.25, 0.3) is 0 Å². The fourth-order valence-corrected chi connectivity index (χ4v) is 5.81. The second-order valence-corrected chi connectivity index (χ2v) is 9.79. The van der Waals surface area contributed by atoms with Gasteiger partial charge in [0, 0.05) is 62.0 Å². The van der Waals surface area contributed by atoms with Crippen molar-refractivity contribution in [2.75, 3.05) is 53.0 Å². The van der Waals surface area contributed by atoms with Gasteiger partial charge in [-0.2, -0.15) is 0 Å². The van der Waals surface area contributed by atoms with E-state index in [9.17, 15) is 4.79 Å². The van der Waals surface area contributed by atoms with Crippen molar-refractivity contribution in [3.8, 4) is 0 Å². The lowest BCUT2D eigenvalue weighted by Gasteiger charge is -2.51. The van der Waals surface area contributed by atoms with Crippen LogP contribution in [0.1, 0.15) is 26.2 Å². The largest absolute Gasteiger partial charge is 0.501 e. The van der Waals surface area contributed by atoms with Crippen LogP contribution >= 0.6 is 0 Å². The number of hydrogen-bond acceptors (Lipinski definition) is 5. The van der Waals surface area contributed by atoms with Gasteiger partial charge < -0.3 is 29.5 Å². The van der Waals surface area contributed by atoms with E-state index in [4.69, 9.17) is 9.47 Å². The van der Waals surface area contributed by atoms with E-state index in [-0.39, 0.29) is 23.6 Å². The Morgan fingerprint density at radius 1 is 1.27 bits per heavy atom. The minimum Gasteiger partial charge on any atom is -0.501 e. The number of hydrogen-bond donors (Lipinski definition) is 1. The Kier molecular flexibility index (Phi) is 4.96. The van der Waals surface area contributed by atoms with Crippen molar-refractivity contribution in [1.82, 2.24) is 20.0 Å². The molecule has 0 radical (unpaired) electrons. The maximum Gasteiger partial charge on any atom is 0.320 e. The van der Waals surface area contributed by atoms with E-state index < -0.39 is 0 Å².